The third-order valence-electron chi connectivity index (χ3n) is 19.9. The minimum Gasteiger partial charge on any atom is -0.247 e. The summed E-state index contributed by atoms with van der Waals surface area (Å²) in [4.78, 5) is 42.9. The number of nitriles is 4. The Kier molecular flexibility index (Phi) is 18.1. The molecule has 0 spiro atoms. The zero-order valence-corrected chi connectivity index (χ0v) is 59.5. The first kappa shape index (κ1) is 70.2. The largest absolute Gasteiger partial charge is 0.247 e. The summed E-state index contributed by atoms with van der Waals surface area (Å²) in [5.74, 6) is -6.94. The Bertz CT molecular complexity index is 7340. The fourth-order valence-electron chi connectivity index (χ4n) is 14.5. The molecule has 0 fully saturated rings. The zero-order chi connectivity index (χ0) is 78.3. The molecule has 4 aromatic heterocycles. The molecule has 0 aliphatic carbocycles. The van der Waals surface area contributed by atoms with Crippen molar-refractivity contribution in [3.05, 3.63) is 365 Å². The van der Waals surface area contributed by atoms with Gasteiger partial charge in [0, 0.05) is 71.3 Å². The second kappa shape index (κ2) is 29.4. The predicted octanol–water partition coefficient (Wildman–Crippen LogP) is 25.0. The fraction of sp³-hybridized carbons (Fsp3) is 0. The second-order valence-electron chi connectivity index (χ2n) is 26.6. The van der Waals surface area contributed by atoms with Crippen LogP contribution in [-0.4, -0.2) is 29.9 Å². The number of aromatic nitrogens is 6. The first-order valence-corrected chi connectivity index (χ1v) is 35.5. The van der Waals surface area contributed by atoms with Gasteiger partial charge in [0.15, 0.2) is 40.3 Å². The molecule has 0 radical (unpaired) electrons. The summed E-state index contributed by atoms with van der Waals surface area (Å²) >= 11 is 0. The topological polar surface area (TPSA) is 186 Å². The Morgan fingerprint density at radius 3 is 1.04 bits per heavy atom. The summed E-state index contributed by atoms with van der Waals surface area (Å²) in [5.41, 5.74) is 16.9. The number of hydrogen-bond donors (Lipinski definition) is 0. The molecule has 0 saturated heterocycles. The third kappa shape index (κ3) is 12.6. The molecule has 0 bridgehead atoms. The van der Waals surface area contributed by atoms with Crippen molar-refractivity contribution in [3.8, 4) is 136 Å². The van der Waals surface area contributed by atoms with Crippen LogP contribution >= 0.6 is 0 Å². The molecule has 0 aliphatic rings. The van der Waals surface area contributed by atoms with Crippen LogP contribution in [0, 0.1) is 88.3 Å². The van der Waals surface area contributed by atoms with Gasteiger partial charge in [0.1, 0.15) is 11.6 Å². The first-order chi connectivity index (χ1) is 55.8. The van der Waals surface area contributed by atoms with Crippen LogP contribution in [0.1, 0.15) is 22.3 Å². The number of benzene rings is 14. The van der Waals surface area contributed by atoms with Gasteiger partial charge >= 0.3 is 0 Å². The lowest BCUT2D eigenvalue weighted by molar-refractivity contribution is 0.454. The molecule has 0 amide bonds. The standard InChI is InChI=1S/C49H25N7.C48H22F4N6/c1-52-38-21-19-34(20-22-38)46-47(33-17-15-30(28-50)16-18-33)56-49-44-40-13-6-7-14-43(40)54-45(42(44)27-41(48(49)55-46)32-9-4-3-5-10-32)36-12-8-11-35(25-36)37-23-31(29-51)24-39(26-37)53-2;1-55-32-20-18-29(19-21-32)45-46(28-16-14-26(24-53)15-17-28)58-48-39-33-12-5-6-13-37(33)56-44(35(39)23-34(47(48)57-45)27-8-3-2-4-9-27)31-11-7-10-30(22-31)38-42(51)40(49)36(25-54)41(50)43(38)52/h3-27H;2-23H. The molecule has 4 heterocycles. The average Bonchev–Trinajstić information content (AvgIpc) is 0.722. The third-order valence-corrected chi connectivity index (χ3v) is 19.9. The Hall–Kier alpha value is -16.8. The molecule has 17 heteroatoms. The van der Waals surface area contributed by atoms with Gasteiger partial charge in [-0.2, -0.15) is 21.0 Å². The van der Waals surface area contributed by atoms with Crippen LogP contribution < -0.4 is 0 Å². The van der Waals surface area contributed by atoms with Crippen molar-refractivity contribution in [1.82, 2.24) is 29.9 Å². The summed E-state index contributed by atoms with van der Waals surface area (Å²) in [5, 5.41) is 42.7. The lowest BCUT2D eigenvalue weighted by atomic mass is 9.92. The summed E-state index contributed by atoms with van der Waals surface area (Å²) in [7, 11) is 0. The number of fused-ring (bicyclic) bond motifs is 10. The number of rotatable bonds is 10. The maximum Gasteiger partial charge on any atom is 0.189 e. The minimum absolute atomic E-state index is 0.168. The van der Waals surface area contributed by atoms with Gasteiger partial charge in [-0.1, -0.05) is 206 Å². The second-order valence-corrected chi connectivity index (χ2v) is 26.6. The highest BCUT2D eigenvalue weighted by Gasteiger charge is 2.29. The van der Waals surface area contributed by atoms with Gasteiger partial charge in [0.05, 0.1) is 122 Å². The van der Waals surface area contributed by atoms with E-state index in [0.29, 0.717) is 123 Å². The number of pyridine rings is 2. The first-order valence-electron chi connectivity index (χ1n) is 35.5. The van der Waals surface area contributed by atoms with Crippen LogP contribution in [0.4, 0.5) is 34.6 Å². The van der Waals surface area contributed by atoms with Gasteiger partial charge in [0.25, 0.3) is 0 Å². The highest BCUT2D eigenvalue weighted by atomic mass is 19.2. The quantitative estimate of drug-likeness (QED) is 0.0552. The maximum absolute atomic E-state index is 15.4. The molecule has 0 atom stereocenters. The van der Waals surface area contributed by atoms with Crippen molar-refractivity contribution in [1.29, 1.82) is 21.0 Å². The molecular formula is C97H47F4N13. The van der Waals surface area contributed by atoms with E-state index in [-0.39, 0.29) is 5.56 Å². The van der Waals surface area contributed by atoms with E-state index in [9.17, 15) is 24.6 Å². The van der Waals surface area contributed by atoms with Crippen molar-refractivity contribution < 1.29 is 17.6 Å². The maximum atomic E-state index is 15.4. The van der Waals surface area contributed by atoms with Crippen LogP contribution in [0.5, 0.6) is 0 Å². The van der Waals surface area contributed by atoms with Crippen LogP contribution in [-0.2, 0) is 0 Å². The molecule has 0 saturated carbocycles. The highest BCUT2D eigenvalue weighted by Crippen LogP contribution is 2.47. The van der Waals surface area contributed by atoms with Gasteiger partial charge in [-0.25, -0.2) is 62.0 Å². The van der Waals surface area contributed by atoms with Gasteiger partial charge in [-0.15, -0.1) is 0 Å². The zero-order valence-electron chi connectivity index (χ0n) is 59.5. The van der Waals surface area contributed by atoms with Crippen LogP contribution in [0.3, 0.4) is 0 Å². The van der Waals surface area contributed by atoms with Gasteiger partial charge in [-0.3, -0.25) is 0 Å². The number of para-hydroxylation sites is 2. The van der Waals surface area contributed by atoms with Gasteiger partial charge in [0.2, 0.25) is 0 Å². The van der Waals surface area contributed by atoms with Gasteiger partial charge in [-0.05, 0) is 118 Å². The normalized spacial score (nSPS) is 10.9. The Balaban J connectivity index is 0.000000165. The molecule has 13 nitrogen and oxygen atoms in total. The van der Waals surface area contributed by atoms with E-state index in [0.717, 1.165) is 77.3 Å². The number of nitrogens with zero attached hydrogens (tertiary/aromatic N) is 13. The molecule has 0 unspecified atom stereocenters. The lowest BCUT2D eigenvalue weighted by Gasteiger charge is -2.18. The summed E-state index contributed by atoms with van der Waals surface area (Å²) in [6, 6.07) is 95.0. The molecule has 0 aliphatic heterocycles. The van der Waals surface area contributed by atoms with Crippen molar-refractivity contribution in [3.63, 3.8) is 0 Å². The molecule has 18 aromatic rings. The van der Waals surface area contributed by atoms with E-state index < -0.39 is 34.4 Å². The van der Waals surface area contributed by atoms with E-state index in [1.807, 2.05) is 152 Å². The summed E-state index contributed by atoms with van der Waals surface area (Å²) in [6.07, 6.45) is 0. The molecule has 14 aromatic carbocycles. The molecule has 18 rings (SSSR count). The Labute approximate surface area is 648 Å². The molecular weight excluding hydrogens is 1420 g/mol. The van der Waals surface area contributed by atoms with Crippen molar-refractivity contribution in [2.24, 2.45) is 0 Å². The van der Waals surface area contributed by atoms with Crippen LogP contribution in [0.15, 0.2) is 285 Å². The Morgan fingerprint density at radius 2 is 0.623 bits per heavy atom. The van der Waals surface area contributed by atoms with E-state index >= 15 is 8.78 Å². The van der Waals surface area contributed by atoms with Crippen LogP contribution in [0.2, 0.25) is 0 Å². The Morgan fingerprint density at radius 1 is 0.254 bits per heavy atom. The minimum atomic E-state index is -1.78. The van der Waals surface area contributed by atoms with Crippen molar-refractivity contribution in [2.45, 2.75) is 0 Å². The summed E-state index contributed by atoms with van der Waals surface area (Å²) in [6.45, 7) is 22.6. The predicted molar refractivity (Wildman–Crippen MR) is 437 cm³/mol. The monoisotopic (exact) mass is 1470 g/mol. The molecule has 528 valence electrons. The average molecular weight is 1470 g/mol. The van der Waals surface area contributed by atoms with E-state index in [1.54, 1.807) is 84.9 Å². The van der Waals surface area contributed by atoms with E-state index in [2.05, 4.69) is 63.1 Å². The SMILES string of the molecule is [C-]#[N+]c1ccc(-c2nc3c(-c4ccccc4)cc4c(-c5cccc(-c6c(F)c(F)c(C#N)c(F)c6F)c5)nc5ccccc5c4c3nc2-c2ccc(C#N)cc2)cc1.[C-]#[N+]c1ccc(-c2nc3c(-c4ccccc4)cc4c(-c5cccc(-c6cc(C#N)cc([N+]#[C-])c6)c5)nc5ccccc5c4c3nc2-c2ccc(C#N)cc2)cc1. The smallest absolute Gasteiger partial charge is 0.189 e. The molecule has 114 heavy (non-hydrogen) atoms. The number of halogens is 4. The van der Waals surface area contributed by atoms with Crippen LogP contribution in [0.25, 0.3) is 192 Å². The van der Waals surface area contributed by atoms with E-state index in [1.165, 1.54) is 24.3 Å². The highest BCUT2D eigenvalue weighted by molar-refractivity contribution is 6.25. The molecule has 0 N–H and O–H groups in total. The summed E-state index contributed by atoms with van der Waals surface area (Å²) < 4.78 is 60.5. The van der Waals surface area contributed by atoms with E-state index in [4.69, 9.17) is 54.9 Å². The lowest BCUT2D eigenvalue weighted by Crippen LogP contribution is -2.04. The van der Waals surface area contributed by atoms with Crippen molar-refractivity contribution >= 4 is 82.5 Å². The number of hydrogen-bond acceptors (Lipinski definition) is 10. The van der Waals surface area contributed by atoms with Gasteiger partial charge < -0.3 is 0 Å². The fourth-order valence-corrected chi connectivity index (χ4v) is 14.5. The van der Waals surface area contributed by atoms with Crippen molar-refractivity contribution in [2.75, 3.05) is 0 Å².